The van der Waals surface area contributed by atoms with Gasteiger partial charge in [-0.2, -0.15) is 4.31 Å². The number of aliphatic hydroxyl groups is 2. The van der Waals surface area contributed by atoms with Crippen LogP contribution in [-0.2, 0) is 23.0 Å². The first kappa shape index (κ1) is 37.9. The highest BCUT2D eigenvalue weighted by Gasteiger charge is 2.58. The highest BCUT2D eigenvalue weighted by atomic mass is 32.2. The second-order valence-electron chi connectivity index (χ2n) is 15.9. The van der Waals surface area contributed by atoms with Crippen LogP contribution in [0.1, 0.15) is 90.9 Å². The molecule has 0 radical (unpaired) electrons. The Morgan fingerprint density at radius 1 is 0.852 bits per heavy atom. The zero-order valence-electron chi connectivity index (χ0n) is 31.5. The van der Waals surface area contributed by atoms with E-state index in [9.17, 15) is 23.4 Å². The fraction of sp³-hybridized carbons (Fsp3) is 0.340. The molecule has 3 aliphatic carbocycles. The summed E-state index contributed by atoms with van der Waals surface area (Å²) < 4.78 is 28.6. The highest BCUT2D eigenvalue weighted by Crippen LogP contribution is 2.59. The van der Waals surface area contributed by atoms with E-state index < -0.39 is 27.1 Å². The van der Waals surface area contributed by atoms with Crippen molar-refractivity contribution >= 4 is 26.6 Å². The molecule has 54 heavy (non-hydrogen) atoms. The van der Waals surface area contributed by atoms with Gasteiger partial charge in [-0.1, -0.05) is 128 Å². The van der Waals surface area contributed by atoms with Crippen LogP contribution in [0.5, 0.6) is 0 Å². The van der Waals surface area contributed by atoms with Gasteiger partial charge in [0, 0.05) is 29.6 Å². The topological polar surface area (TPSA) is 94.9 Å². The minimum absolute atomic E-state index is 0.0604. The minimum Gasteiger partial charge on any atom is -0.393 e. The van der Waals surface area contributed by atoms with Gasteiger partial charge in [0.25, 0.3) is 0 Å². The quantitative estimate of drug-likeness (QED) is 0.122. The summed E-state index contributed by atoms with van der Waals surface area (Å²) in [4.78, 5) is 15.0. The smallest absolute Gasteiger partial charge is 0.211 e. The summed E-state index contributed by atoms with van der Waals surface area (Å²) in [7, 11) is -3.74. The molecule has 0 amide bonds. The van der Waals surface area contributed by atoms with Crippen molar-refractivity contribution in [2.45, 2.75) is 83.0 Å². The van der Waals surface area contributed by atoms with Gasteiger partial charge in [-0.3, -0.25) is 4.79 Å². The number of carbonyl (C=O) groups excluding carboxylic acids is 1. The third-order valence-electron chi connectivity index (χ3n) is 12.3. The molecule has 6 nitrogen and oxygen atoms in total. The van der Waals surface area contributed by atoms with Crippen LogP contribution in [0.25, 0.3) is 21.9 Å². The first-order valence-electron chi connectivity index (χ1n) is 19.2. The maximum absolute atomic E-state index is 15.0. The fourth-order valence-corrected chi connectivity index (χ4v) is 9.92. The van der Waals surface area contributed by atoms with Gasteiger partial charge < -0.3 is 10.2 Å². The summed E-state index contributed by atoms with van der Waals surface area (Å²) >= 11 is 0. The van der Waals surface area contributed by atoms with Gasteiger partial charge in [0.2, 0.25) is 10.0 Å². The van der Waals surface area contributed by atoms with E-state index >= 15 is 0 Å². The number of rotatable bonds is 8. The Labute approximate surface area is 320 Å². The van der Waals surface area contributed by atoms with Gasteiger partial charge in [0.15, 0.2) is 5.78 Å². The largest absolute Gasteiger partial charge is 0.393 e. The predicted octanol–water partition coefficient (Wildman–Crippen LogP) is 9.24. The van der Waals surface area contributed by atoms with Crippen LogP contribution in [0.2, 0.25) is 0 Å². The van der Waals surface area contributed by atoms with Gasteiger partial charge in [-0.15, -0.1) is 0 Å². The number of aliphatic hydroxyl groups excluding tert-OH is 1. The predicted molar refractivity (Wildman–Crippen MR) is 218 cm³/mol. The van der Waals surface area contributed by atoms with Gasteiger partial charge in [0.1, 0.15) is 0 Å². The highest BCUT2D eigenvalue weighted by molar-refractivity contribution is 7.88. The molecule has 3 aliphatic rings. The van der Waals surface area contributed by atoms with Gasteiger partial charge >= 0.3 is 0 Å². The average Bonchev–Trinajstić information content (AvgIpc) is 3.42. The first-order chi connectivity index (χ1) is 25.9. The van der Waals surface area contributed by atoms with Gasteiger partial charge in [0.05, 0.1) is 18.0 Å². The van der Waals surface area contributed by atoms with Crippen LogP contribution >= 0.6 is 0 Å². The molecule has 8 rings (SSSR count). The number of fused-ring (bicyclic) bond motifs is 9. The molecular formula is C47H51NO5S. The SMILES string of the molecule is CC1=CCCC2(C)C(CCC2(O)CN(Cc2cccc3ccccc23)S(C)(=O)=O)c2ccc(cc2C(=O)c2ccccc2-c2ccccc2)CC(O)CC1. The number of hydrogen-bond donors (Lipinski definition) is 2. The number of benzene rings is 5. The third kappa shape index (κ3) is 7.60. The maximum atomic E-state index is 15.0. The zero-order valence-corrected chi connectivity index (χ0v) is 32.4. The van der Waals surface area contributed by atoms with Crippen molar-refractivity contribution in [2.24, 2.45) is 5.41 Å². The van der Waals surface area contributed by atoms with Crippen LogP contribution in [0, 0.1) is 5.41 Å². The molecule has 0 spiro atoms. The minimum atomic E-state index is -3.74. The van der Waals surface area contributed by atoms with Crippen molar-refractivity contribution < 1.29 is 23.4 Å². The Morgan fingerprint density at radius 2 is 1.57 bits per heavy atom. The maximum Gasteiger partial charge on any atom is 0.211 e. The molecule has 4 atom stereocenters. The molecule has 7 heteroatoms. The Hall–Kier alpha value is -4.40. The lowest BCUT2D eigenvalue weighted by Gasteiger charge is -2.45. The standard InChI is InChI=1S/C47H51NO5S/c1-33-13-12-27-46(2)44(26-28-47(46,51)32-48(54(3,52)53)31-37-18-11-17-35-16-7-8-19-39(35)37)41-25-23-34(29-38(49)24-22-33)30-43(41)45(50)42-21-10-9-20-40(42)36-14-5-4-6-15-36/h4-11,13-21,23,25,30,38,44,49,51H,12,22,24,26-29,31-32H2,1-3H3. The Kier molecular flexibility index (Phi) is 10.8. The van der Waals surface area contributed by atoms with Crippen molar-refractivity contribution in [3.63, 3.8) is 0 Å². The van der Waals surface area contributed by atoms with Gasteiger partial charge in [-0.05, 0) is 102 Å². The number of carbonyl (C=O) groups is 1. The van der Waals surface area contributed by atoms with Crippen LogP contribution in [-0.4, -0.2) is 53.2 Å². The van der Waals surface area contributed by atoms with Crippen molar-refractivity contribution in [3.8, 4) is 11.1 Å². The molecule has 0 aromatic heterocycles. The molecule has 1 fully saturated rings. The number of allylic oxidation sites excluding steroid dienone is 2. The molecule has 1 saturated carbocycles. The van der Waals surface area contributed by atoms with Crippen molar-refractivity contribution in [3.05, 3.63) is 155 Å². The molecule has 0 aliphatic heterocycles. The summed E-state index contributed by atoms with van der Waals surface area (Å²) in [6.45, 7) is 4.26. The van der Waals surface area contributed by atoms with Crippen LogP contribution in [0.15, 0.2) is 127 Å². The summed E-state index contributed by atoms with van der Waals surface area (Å²) in [5.41, 5.74) is 4.60. The monoisotopic (exact) mass is 741 g/mol. The lowest BCUT2D eigenvalue weighted by molar-refractivity contribution is -0.0730. The van der Waals surface area contributed by atoms with E-state index in [1.807, 2.05) is 115 Å². The van der Waals surface area contributed by atoms with Crippen molar-refractivity contribution in [1.29, 1.82) is 0 Å². The van der Waals surface area contributed by atoms with Crippen molar-refractivity contribution in [1.82, 2.24) is 4.31 Å². The van der Waals surface area contributed by atoms with E-state index in [0.29, 0.717) is 49.7 Å². The molecule has 5 aromatic carbocycles. The fourth-order valence-electron chi connectivity index (χ4n) is 9.09. The Morgan fingerprint density at radius 3 is 2.37 bits per heavy atom. The molecule has 2 N–H and O–H groups in total. The summed E-state index contributed by atoms with van der Waals surface area (Å²) in [5, 5.41) is 26.1. The average molecular weight is 742 g/mol. The zero-order chi connectivity index (χ0) is 38.1. The second-order valence-corrected chi connectivity index (χ2v) is 17.8. The molecule has 0 heterocycles. The normalized spacial score (nSPS) is 23.6. The number of nitrogens with zero attached hydrogens (tertiary/aromatic N) is 1. The summed E-state index contributed by atoms with van der Waals surface area (Å²) in [6.07, 6.45) is 6.89. The van der Waals surface area contributed by atoms with Crippen LogP contribution in [0.4, 0.5) is 0 Å². The Bertz CT molecular complexity index is 2290. The third-order valence-corrected chi connectivity index (χ3v) is 13.5. The summed E-state index contributed by atoms with van der Waals surface area (Å²) in [6, 6.07) is 37.5. The van der Waals surface area contributed by atoms with Crippen molar-refractivity contribution in [2.75, 3.05) is 12.8 Å². The van der Waals surface area contributed by atoms with E-state index in [2.05, 4.69) is 19.9 Å². The Balaban J connectivity index is 1.33. The first-order valence-corrected chi connectivity index (χ1v) is 21.0. The lowest BCUT2D eigenvalue weighted by atomic mass is 9.64. The molecule has 0 saturated heterocycles. The molecule has 5 aromatic rings. The second kappa shape index (κ2) is 15.4. The number of ketones is 1. The van der Waals surface area contributed by atoms with E-state index in [4.69, 9.17) is 0 Å². The molecule has 280 valence electrons. The number of hydrogen-bond acceptors (Lipinski definition) is 5. The van der Waals surface area contributed by atoms with Gasteiger partial charge in [-0.25, -0.2) is 8.42 Å². The van der Waals surface area contributed by atoms with E-state index in [-0.39, 0.29) is 24.8 Å². The van der Waals surface area contributed by atoms with E-state index in [1.165, 1.54) is 16.1 Å². The molecular weight excluding hydrogens is 691 g/mol. The van der Waals surface area contributed by atoms with Crippen LogP contribution < -0.4 is 0 Å². The lowest BCUT2D eigenvalue weighted by Crippen LogP contribution is -2.53. The number of sulfonamides is 1. The molecule has 2 bridgehead atoms. The van der Waals surface area contributed by atoms with E-state index in [0.717, 1.165) is 45.0 Å². The van der Waals surface area contributed by atoms with E-state index in [1.54, 1.807) is 0 Å². The molecule has 4 unspecified atom stereocenters. The summed E-state index contributed by atoms with van der Waals surface area (Å²) in [5.74, 6) is -0.338. The van der Waals surface area contributed by atoms with Crippen LogP contribution in [0.3, 0.4) is 0 Å².